The predicted octanol–water partition coefficient (Wildman–Crippen LogP) is 3.94. The molecule has 1 aliphatic rings. The Bertz CT molecular complexity index is 1180. The molecule has 1 aromatic heterocycles. The summed E-state index contributed by atoms with van der Waals surface area (Å²) in [5.41, 5.74) is 2.79. The highest BCUT2D eigenvalue weighted by atomic mass is 16.4. The summed E-state index contributed by atoms with van der Waals surface area (Å²) in [6.07, 6.45) is 0.262. The zero-order chi connectivity index (χ0) is 25.0. The van der Waals surface area contributed by atoms with Crippen molar-refractivity contribution in [1.82, 2.24) is 15.3 Å². The van der Waals surface area contributed by atoms with Crippen LogP contribution in [0.2, 0.25) is 0 Å². The van der Waals surface area contributed by atoms with Crippen LogP contribution in [0.4, 0.5) is 22.1 Å². The smallest absolute Gasteiger partial charge is 0.404 e. The van der Waals surface area contributed by atoms with Gasteiger partial charge in [-0.05, 0) is 37.0 Å². The molecule has 10 heteroatoms. The molecule has 2 aromatic rings. The number of benzene rings is 1. The number of nitrogens with one attached hydrogen (secondary N) is 3. The molecule has 0 spiro atoms. The standard InChI is InChI=1S/C24H29N7O3/c1-6-31-17-10-8-7-9-16(17)27-21(31)15(12-25)20-14(2)13-26-22(30-20)29-19(32)11-18(24(3,4)5)28-23(33)34/h7-10,13,18,27-28H,6,11H2,1-5H3,(H,33,34)(H,26,29,30,32). The van der Waals surface area contributed by atoms with Crippen molar-refractivity contribution in [2.45, 2.75) is 47.1 Å². The highest BCUT2D eigenvalue weighted by Crippen LogP contribution is 2.38. The van der Waals surface area contributed by atoms with Gasteiger partial charge in [0.2, 0.25) is 11.9 Å². The molecule has 4 N–H and O–H groups in total. The number of anilines is 3. The lowest BCUT2D eigenvalue weighted by atomic mass is 9.84. The van der Waals surface area contributed by atoms with Crippen LogP contribution in [0.1, 0.15) is 45.4 Å². The number of nitrogens with zero attached hydrogens (tertiary/aromatic N) is 4. The van der Waals surface area contributed by atoms with E-state index in [1.165, 1.54) is 0 Å². The molecular formula is C24H29N7O3. The predicted molar refractivity (Wildman–Crippen MR) is 130 cm³/mol. The molecule has 2 amide bonds. The third kappa shape index (κ3) is 5.26. The molecule has 0 aliphatic carbocycles. The molecule has 0 bridgehead atoms. The van der Waals surface area contributed by atoms with Crippen molar-refractivity contribution in [3.8, 4) is 6.07 Å². The van der Waals surface area contributed by atoms with Gasteiger partial charge in [0.05, 0.1) is 17.1 Å². The molecule has 0 saturated carbocycles. The summed E-state index contributed by atoms with van der Waals surface area (Å²) < 4.78 is 0. The van der Waals surface area contributed by atoms with Crippen LogP contribution in [0.5, 0.6) is 0 Å². The van der Waals surface area contributed by atoms with Crippen LogP contribution in [0.3, 0.4) is 0 Å². The van der Waals surface area contributed by atoms with E-state index in [9.17, 15) is 14.9 Å². The molecule has 1 unspecified atom stereocenters. The monoisotopic (exact) mass is 463 g/mol. The first-order valence-corrected chi connectivity index (χ1v) is 11.0. The number of nitriles is 1. The Labute approximate surface area is 198 Å². The van der Waals surface area contributed by atoms with Crippen LogP contribution in [0.15, 0.2) is 36.3 Å². The Kier molecular flexibility index (Phi) is 7.05. The average Bonchev–Trinajstić information content (AvgIpc) is 3.13. The van der Waals surface area contributed by atoms with Gasteiger partial charge in [0, 0.05) is 25.2 Å². The van der Waals surface area contributed by atoms with Crippen LogP contribution in [0, 0.1) is 23.7 Å². The first kappa shape index (κ1) is 24.5. The maximum absolute atomic E-state index is 12.7. The second kappa shape index (κ2) is 9.79. The van der Waals surface area contributed by atoms with Crippen LogP contribution in [-0.2, 0) is 4.79 Å². The number of allylic oxidation sites excluding steroid dienone is 1. The summed E-state index contributed by atoms with van der Waals surface area (Å²) in [5, 5.41) is 27.5. The number of carbonyl (C=O) groups is 2. The number of aryl methyl sites for hydroxylation is 1. The Morgan fingerprint density at radius 2 is 2.00 bits per heavy atom. The maximum Gasteiger partial charge on any atom is 0.404 e. The number of fused-ring (bicyclic) bond motifs is 1. The fourth-order valence-electron chi connectivity index (χ4n) is 3.71. The van der Waals surface area contributed by atoms with Crippen molar-refractivity contribution < 1.29 is 14.7 Å². The highest BCUT2D eigenvalue weighted by Gasteiger charge is 2.30. The molecule has 34 heavy (non-hydrogen) atoms. The van der Waals surface area contributed by atoms with Gasteiger partial charge in [-0.2, -0.15) is 5.26 Å². The quantitative estimate of drug-likeness (QED) is 0.472. The van der Waals surface area contributed by atoms with E-state index in [0.717, 1.165) is 11.4 Å². The van der Waals surface area contributed by atoms with Gasteiger partial charge in [-0.15, -0.1) is 0 Å². The van der Waals surface area contributed by atoms with E-state index in [-0.39, 0.29) is 12.4 Å². The van der Waals surface area contributed by atoms with Gasteiger partial charge < -0.3 is 20.6 Å². The molecule has 178 valence electrons. The van der Waals surface area contributed by atoms with E-state index in [1.807, 2.05) is 56.9 Å². The van der Waals surface area contributed by atoms with Gasteiger partial charge >= 0.3 is 6.09 Å². The Morgan fingerprint density at radius 1 is 1.29 bits per heavy atom. The van der Waals surface area contributed by atoms with Gasteiger partial charge in [0.15, 0.2) is 0 Å². The first-order chi connectivity index (χ1) is 16.0. The normalized spacial score (nSPS) is 15.0. The van der Waals surface area contributed by atoms with Crippen LogP contribution in [0.25, 0.3) is 5.57 Å². The van der Waals surface area contributed by atoms with Gasteiger partial charge in [-0.3, -0.25) is 10.1 Å². The summed E-state index contributed by atoms with van der Waals surface area (Å²) in [6.45, 7) is 9.97. The molecule has 3 rings (SSSR count). The topological polar surface area (TPSA) is 143 Å². The minimum atomic E-state index is -1.20. The number of hydrogen-bond acceptors (Lipinski definition) is 7. The van der Waals surface area contributed by atoms with E-state index < -0.39 is 23.5 Å². The Morgan fingerprint density at radius 3 is 2.62 bits per heavy atom. The van der Waals surface area contributed by atoms with Gasteiger partial charge in [0.1, 0.15) is 17.5 Å². The lowest BCUT2D eigenvalue weighted by Crippen LogP contribution is -2.45. The van der Waals surface area contributed by atoms with Crippen LogP contribution >= 0.6 is 0 Å². The van der Waals surface area contributed by atoms with E-state index in [2.05, 4.69) is 32.0 Å². The van der Waals surface area contributed by atoms with E-state index >= 15 is 0 Å². The second-order valence-corrected chi connectivity index (χ2v) is 9.07. The van der Waals surface area contributed by atoms with Crippen molar-refractivity contribution in [2.75, 3.05) is 22.1 Å². The molecule has 0 radical (unpaired) electrons. The number of carboxylic acid groups (broad SMARTS) is 1. The molecule has 1 aliphatic heterocycles. The highest BCUT2D eigenvalue weighted by molar-refractivity contribution is 5.92. The summed E-state index contributed by atoms with van der Waals surface area (Å²) in [7, 11) is 0. The SMILES string of the molecule is CCN1C(=C(C#N)c2nc(NC(=O)CC(NC(=O)O)C(C)(C)C)ncc2C)Nc2ccccc21. The Balaban J connectivity index is 1.90. The number of aromatic nitrogens is 2. The number of hydrogen-bond donors (Lipinski definition) is 4. The van der Waals surface area contributed by atoms with E-state index in [0.29, 0.717) is 29.2 Å². The van der Waals surface area contributed by atoms with Gasteiger partial charge in [-0.1, -0.05) is 32.9 Å². The largest absolute Gasteiger partial charge is 0.465 e. The van der Waals surface area contributed by atoms with Crippen molar-refractivity contribution in [1.29, 1.82) is 5.26 Å². The van der Waals surface area contributed by atoms with Crippen LogP contribution in [-0.4, -0.2) is 39.7 Å². The lowest BCUT2D eigenvalue weighted by Gasteiger charge is -2.29. The number of carbonyl (C=O) groups excluding carboxylic acids is 1. The molecular weight excluding hydrogens is 434 g/mol. The molecule has 0 saturated heterocycles. The molecule has 2 heterocycles. The summed E-state index contributed by atoms with van der Waals surface area (Å²) >= 11 is 0. The van der Waals surface area contributed by atoms with Crippen LogP contribution < -0.4 is 20.9 Å². The van der Waals surface area contributed by atoms with E-state index in [1.54, 1.807) is 13.1 Å². The summed E-state index contributed by atoms with van der Waals surface area (Å²) in [6, 6.07) is 9.42. The number of amides is 2. The van der Waals surface area contributed by atoms with Crippen molar-refractivity contribution in [2.24, 2.45) is 5.41 Å². The number of para-hydroxylation sites is 2. The molecule has 0 fully saturated rings. The number of rotatable bonds is 6. The van der Waals surface area contributed by atoms with Gasteiger partial charge in [-0.25, -0.2) is 14.8 Å². The summed E-state index contributed by atoms with van der Waals surface area (Å²) in [4.78, 5) is 34.4. The molecule has 10 nitrogen and oxygen atoms in total. The second-order valence-electron chi connectivity index (χ2n) is 9.07. The summed E-state index contributed by atoms with van der Waals surface area (Å²) in [5.74, 6) is 0.223. The average molecular weight is 464 g/mol. The van der Waals surface area contributed by atoms with Crippen molar-refractivity contribution >= 4 is 34.9 Å². The lowest BCUT2D eigenvalue weighted by molar-refractivity contribution is -0.117. The maximum atomic E-state index is 12.7. The Hall–Kier alpha value is -4.13. The first-order valence-electron chi connectivity index (χ1n) is 11.0. The third-order valence-electron chi connectivity index (χ3n) is 5.58. The zero-order valence-corrected chi connectivity index (χ0v) is 19.9. The molecule has 1 aromatic carbocycles. The minimum absolute atomic E-state index is 0.0421. The fraction of sp³-hybridized carbons (Fsp3) is 0.375. The van der Waals surface area contributed by atoms with Crippen molar-refractivity contribution in [3.63, 3.8) is 0 Å². The minimum Gasteiger partial charge on any atom is -0.465 e. The molecule has 1 atom stereocenters. The van der Waals surface area contributed by atoms with E-state index in [4.69, 9.17) is 5.11 Å². The fourth-order valence-corrected chi connectivity index (χ4v) is 3.71. The zero-order valence-electron chi connectivity index (χ0n) is 19.9. The third-order valence-corrected chi connectivity index (χ3v) is 5.58. The van der Waals surface area contributed by atoms with Crippen molar-refractivity contribution in [3.05, 3.63) is 47.5 Å². The van der Waals surface area contributed by atoms with Gasteiger partial charge in [0.25, 0.3) is 0 Å².